The van der Waals surface area contributed by atoms with Gasteiger partial charge in [-0.15, -0.1) is 0 Å². The van der Waals surface area contributed by atoms with Gasteiger partial charge in [-0.05, 0) is 24.3 Å². The molecule has 0 atom stereocenters. The molecule has 0 spiro atoms. The number of phenolic OH excluding ortho intramolecular Hbond substituents is 2. The van der Waals surface area contributed by atoms with E-state index in [0.29, 0.717) is 0 Å². The number of phenols is 2. The van der Waals surface area contributed by atoms with Crippen LogP contribution in [0.15, 0.2) is 24.3 Å². The summed E-state index contributed by atoms with van der Waals surface area (Å²) in [7, 11) is 0. The Bertz CT molecular complexity index is 281. The second-order valence-electron chi connectivity index (χ2n) is 2.38. The highest BCUT2D eigenvalue weighted by Gasteiger charge is 1.98. The number of carboxylic acid groups (broad SMARTS) is 1. The maximum atomic E-state index is 9.54. The number of carbonyl (C=O) groups is 2. The first-order chi connectivity index (χ1) is 6.43. The van der Waals surface area contributed by atoms with Gasteiger partial charge in [0, 0.05) is 6.92 Å². The van der Waals surface area contributed by atoms with Crippen LogP contribution in [-0.4, -0.2) is 27.1 Å². The fraction of sp³-hybridized carbons (Fsp3) is 0.111. The van der Waals surface area contributed by atoms with Crippen LogP contribution >= 0.6 is 0 Å². The molecule has 5 heteroatoms. The average molecular weight is 198 g/mol. The van der Waals surface area contributed by atoms with Crippen molar-refractivity contribution in [2.45, 2.75) is 6.92 Å². The van der Waals surface area contributed by atoms with E-state index in [4.69, 9.17) is 15.3 Å². The van der Waals surface area contributed by atoms with E-state index in [1.807, 2.05) is 0 Å². The Morgan fingerprint density at radius 2 is 1.21 bits per heavy atom. The number of hydrogen-bond donors (Lipinski definition) is 3. The third-order valence-corrected chi connectivity index (χ3v) is 1.15. The van der Waals surface area contributed by atoms with E-state index in [9.17, 15) is 9.59 Å². The van der Waals surface area contributed by atoms with Crippen LogP contribution in [0.4, 0.5) is 0 Å². The summed E-state index contributed by atoms with van der Waals surface area (Å²) < 4.78 is 0. The van der Waals surface area contributed by atoms with Gasteiger partial charge in [-0.1, -0.05) is 0 Å². The lowest BCUT2D eigenvalue weighted by molar-refractivity contribution is -0.148. The van der Waals surface area contributed by atoms with Crippen LogP contribution in [0.5, 0.6) is 11.5 Å². The molecule has 1 rings (SSSR count). The van der Waals surface area contributed by atoms with Crippen molar-refractivity contribution in [1.29, 1.82) is 0 Å². The predicted molar refractivity (Wildman–Crippen MR) is 48.1 cm³/mol. The van der Waals surface area contributed by atoms with Crippen molar-refractivity contribution in [1.82, 2.24) is 0 Å². The van der Waals surface area contributed by atoms with E-state index in [2.05, 4.69) is 0 Å². The molecular formula is C9H10O5. The van der Waals surface area contributed by atoms with Gasteiger partial charge in [-0.2, -0.15) is 0 Å². The first-order valence-electron chi connectivity index (χ1n) is 3.65. The summed E-state index contributed by atoms with van der Waals surface area (Å²) in [5, 5.41) is 24.9. The van der Waals surface area contributed by atoms with Crippen molar-refractivity contribution in [3.05, 3.63) is 24.3 Å². The van der Waals surface area contributed by atoms with Crippen LogP contribution in [0.1, 0.15) is 6.92 Å². The Balaban J connectivity index is 0.000000255. The van der Waals surface area contributed by atoms with E-state index in [-0.39, 0.29) is 11.5 Å². The molecule has 0 fully saturated rings. The van der Waals surface area contributed by atoms with Crippen molar-refractivity contribution in [2.24, 2.45) is 0 Å². The fourth-order valence-corrected chi connectivity index (χ4v) is 0.453. The van der Waals surface area contributed by atoms with Crippen LogP contribution in [0.3, 0.4) is 0 Å². The van der Waals surface area contributed by atoms with Gasteiger partial charge < -0.3 is 15.3 Å². The highest BCUT2D eigenvalue weighted by Crippen LogP contribution is 2.13. The molecule has 0 aliphatic heterocycles. The molecule has 0 amide bonds. The number of hydrogen-bond acceptors (Lipinski definition) is 4. The lowest BCUT2D eigenvalue weighted by atomic mass is 10.3. The minimum absolute atomic E-state index is 0.169. The van der Waals surface area contributed by atoms with E-state index in [1.54, 1.807) is 0 Å². The number of ketones is 1. The molecule has 0 saturated heterocycles. The van der Waals surface area contributed by atoms with Crippen molar-refractivity contribution >= 4 is 11.8 Å². The fourth-order valence-electron chi connectivity index (χ4n) is 0.453. The van der Waals surface area contributed by atoms with Crippen LogP contribution in [0, 0.1) is 0 Å². The lowest BCUT2D eigenvalue weighted by Crippen LogP contribution is -2.05. The Hall–Kier alpha value is -2.04. The Morgan fingerprint density at radius 3 is 1.36 bits per heavy atom. The van der Waals surface area contributed by atoms with Crippen LogP contribution < -0.4 is 0 Å². The zero-order chi connectivity index (χ0) is 11.1. The second-order valence-corrected chi connectivity index (χ2v) is 2.38. The summed E-state index contributed by atoms with van der Waals surface area (Å²) in [4.78, 5) is 18.9. The van der Waals surface area contributed by atoms with E-state index in [1.165, 1.54) is 24.3 Å². The quantitative estimate of drug-likeness (QED) is 0.457. The normalized spacial score (nSPS) is 8.36. The minimum Gasteiger partial charge on any atom is -0.508 e. The number of benzene rings is 1. The number of aliphatic carboxylic acids is 1. The third kappa shape index (κ3) is 5.59. The van der Waals surface area contributed by atoms with E-state index in [0.717, 1.165) is 6.92 Å². The smallest absolute Gasteiger partial charge is 0.371 e. The first kappa shape index (κ1) is 12.0. The molecule has 0 heterocycles. The van der Waals surface area contributed by atoms with Crippen molar-refractivity contribution in [3.63, 3.8) is 0 Å². The Labute approximate surface area is 80.2 Å². The molecule has 0 aromatic heterocycles. The van der Waals surface area contributed by atoms with Crippen molar-refractivity contribution in [2.75, 3.05) is 0 Å². The number of carboxylic acids is 1. The third-order valence-electron chi connectivity index (χ3n) is 1.15. The monoisotopic (exact) mass is 198 g/mol. The number of Topliss-reactive ketones (excluding diaryl/α,β-unsaturated/α-hetero) is 1. The molecule has 14 heavy (non-hydrogen) atoms. The standard InChI is InChI=1S/C6H6O2.C3H4O3/c7-5-1-2-6(8)4-3-5;1-2(4)3(5)6/h1-4,7-8H;1H3,(H,5,6). The van der Waals surface area contributed by atoms with E-state index >= 15 is 0 Å². The predicted octanol–water partition coefficient (Wildman–Crippen LogP) is 0.758. The molecule has 0 aliphatic rings. The zero-order valence-corrected chi connectivity index (χ0v) is 7.47. The van der Waals surface area contributed by atoms with Crippen molar-refractivity contribution in [3.8, 4) is 11.5 Å². The average Bonchev–Trinajstić information content (AvgIpc) is 2.11. The molecule has 3 N–H and O–H groups in total. The van der Waals surface area contributed by atoms with Crippen LogP contribution in [-0.2, 0) is 9.59 Å². The van der Waals surface area contributed by atoms with Gasteiger partial charge >= 0.3 is 5.97 Å². The first-order valence-corrected chi connectivity index (χ1v) is 3.65. The molecule has 0 radical (unpaired) electrons. The maximum absolute atomic E-state index is 9.54. The molecule has 1 aromatic rings. The van der Waals surface area contributed by atoms with Crippen LogP contribution in [0.2, 0.25) is 0 Å². The SMILES string of the molecule is CC(=O)C(=O)O.Oc1ccc(O)cc1. The Morgan fingerprint density at radius 1 is 1.00 bits per heavy atom. The molecular weight excluding hydrogens is 188 g/mol. The maximum Gasteiger partial charge on any atom is 0.371 e. The topological polar surface area (TPSA) is 94.8 Å². The van der Waals surface area contributed by atoms with Gasteiger partial charge in [-0.25, -0.2) is 4.79 Å². The van der Waals surface area contributed by atoms with Gasteiger partial charge in [0.05, 0.1) is 0 Å². The summed E-state index contributed by atoms with van der Waals surface area (Å²) in [5.41, 5.74) is 0. The molecule has 5 nitrogen and oxygen atoms in total. The Kier molecular flexibility index (Phi) is 4.77. The summed E-state index contributed by atoms with van der Waals surface area (Å²) in [6.45, 7) is 1.00. The largest absolute Gasteiger partial charge is 0.508 e. The molecule has 0 unspecified atom stereocenters. The minimum atomic E-state index is -1.38. The van der Waals surface area contributed by atoms with Gasteiger partial charge in [0.25, 0.3) is 0 Å². The van der Waals surface area contributed by atoms with Gasteiger partial charge in [0.2, 0.25) is 5.78 Å². The van der Waals surface area contributed by atoms with Gasteiger partial charge in [0.1, 0.15) is 11.5 Å². The summed E-state index contributed by atoms with van der Waals surface area (Å²) in [5.74, 6) is -1.87. The van der Waals surface area contributed by atoms with Gasteiger partial charge in [0.15, 0.2) is 0 Å². The molecule has 0 saturated carbocycles. The number of aromatic hydroxyl groups is 2. The van der Waals surface area contributed by atoms with Gasteiger partial charge in [-0.3, -0.25) is 4.79 Å². The molecule has 1 aromatic carbocycles. The highest BCUT2D eigenvalue weighted by atomic mass is 16.4. The molecule has 0 aliphatic carbocycles. The number of carbonyl (C=O) groups excluding carboxylic acids is 1. The highest BCUT2D eigenvalue weighted by molar-refractivity contribution is 6.31. The molecule has 0 bridgehead atoms. The van der Waals surface area contributed by atoms with Crippen LogP contribution in [0.25, 0.3) is 0 Å². The number of rotatable bonds is 1. The molecule has 76 valence electrons. The summed E-state index contributed by atoms with van der Waals surface area (Å²) in [6, 6.07) is 5.70. The van der Waals surface area contributed by atoms with Crippen molar-refractivity contribution < 1.29 is 24.9 Å². The van der Waals surface area contributed by atoms with E-state index < -0.39 is 11.8 Å². The summed E-state index contributed by atoms with van der Waals surface area (Å²) >= 11 is 0. The summed E-state index contributed by atoms with van der Waals surface area (Å²) in [6.07, 6.45) is 0. The second kappa shape index (κ2) is 5.58. The zero-order valence-electron chi connectivity index (χ0n) is 7.47. The lowest BCUT2D eigenvalue weighted by Gasteiger charge is -1.88.